The molecule has 3 heterocycles. The molecule has 1 amide bonds. The van der Waals surface area contributed by atoms with Crippen LogP contribution in [0.4, 0.5) is 10.6 Å². The summed E-state index contributed by atoms with van der Waals surface area (Å²) in [6, 6.07) is 0.426. The number of aromatic nitrogens is 4. The van der Waals surface area contributed by atoms with E-state index in [2.05, 4.69) is 49.1 Å². The molecule has 2 aromatic heterocycles. The first-order chi connectivity index (χ1) is 17.1. The average Bonchev–Trinajstić information content (AvgIpc) is 3.31. The van der Waals surface area contributed by atoms with Gasteiger partial charge in [0.25, 0.3) is 0 Å². The fourth-order valence-corrected chi connectivity index (χ4v) is 6.01. The lowest BCUT2D eigenvalue weighted by Gasteiger charge is -2.38. The van der Waals surface area contributed by atoms with Gasteiger partial charge in [0.1, 0.15) is 11.4 Å². The Hall–Kier alpha value is -1.91. The van der Waals surface area contributed by atoms with E-state index < -0.39 is 13.9 Å². The predicted molar refractivity (Wildman–Crippen MR) is 150 cm³/mol. The van der Waals surface area contributed by atoms with Gasteiger partial charge in [-0.05, 0) is 83.1 Å². The standard InChI is InChI=1S/C26H43ClN6O3Si/c1-16-20-21(32-12-10-11-18(32)15-35-37(8,9)26(5,6)7)29-23(27)30-22(20)33(31-16)19-13-17(14-19)28-24(34)36-25(2,3)4/h17-19H,10-15H2,1-9H3,(H,28,34)/t17?,18-,19?/m0/s1. The van der Waals surface area contributed by atoms with Crippen LogP contribution in [-0.2, 0) is 9.16 Å². The molecule has 206 valence electrons. The number of aryl methyl sites for hydroxylation is 1. The number of alkyl carbamates (subject to hydrolysis) is 1. The monoisotopic (exact) mass is 550 g/mol. The molecular weight excluding hydrogens is 508 g/mol. The van der Waals surface area contributed by atoms with Gasteiger partial charge in [-0.3, -0.25) is 0 Å². The molecule has 2 aliphatic rings. The molecule has 0 unspecified atom stereocenters. The molecule has 2 aromatic rings. The summed E-state index contributed by atoms with van der Waals surface area (Å²) in [7, 11) is -1.86. The zero-order valence-corrected chi connectivity index (χ0v) is 25.6. The van der Waals surface area contributed by atoms with Gasteiger partial charge in [0.05, 0.1) is 29.8 Å². The van der Waals surface area contributed by atoms with Crippen molar-refractivity contribution in [1.29, 1.82) is 0 Å². The Labute approximate surface area is 226 Å². The Kier molecular flexibility index (Phi) is 7.60. The number of amides is 1. The molecule has 1 N–H and O–H groups in total. The van der Waals surface area contributed by atoms with E-state index >= 15 is 0 Å². The highest BCUT2D eigenvalue weighted by molar-refractivity contribution is 6.74. The van der Waals surface area contributed by atoms with Gasteiger partial charge < -0.3 is 19.4 Å². The first kappa shape index (κ1) is 28.1. The molecule has 1 saturated carbocycles. The normalized spacial score (nSPS) is 22.9. The highest BCUT2D eigenvalue weighted by Gasteiger charge is 2.40. The van der Waals surface area contributed by atoms with Crippen LogP contribution in [-0.4, -0.2) is 65.0 Å². The van der Waals surface area contributed by atoms with Crippen molar-refractivity contribution in [2.45, 2.75) is 116 Å². The fourth-order valence-electron chi connectivity index (χ4n) is 4.81. The summed E-state index contributed by atoms with van der Waals surface area (Å²) in [5.41, 5.74) is 1.13. The van der Waals surface area contributed by atoms with Crippen LogP contribution in [0.1, 0.15) is 79.0 Å². The van der Waals surface area contributed by atoms with Crippen molar-refractivity contribution in [2.75, 3.05) is 18.1 Å². The highest BCUT2D eigenvalue weighted by Crippen LogP contribution is 2.40. The zero-order chi connectivity index (χ0) is 27.3. The molecule has 11 heteroatoms. The molecule has 1 atom stereocenters. The van der Waals surface area contributed by atoms with E-state index in [9.17, 15) is 4.79 Å². The van der Waals surface area contributed by atoms with E-state index in [4.69, 9.17) is 30.8 Å². The van der Waals surface area contributed by atoms with Crippen LogP contribution >= 0.6 is 11.6 Å². The minimum atomic E-state index is -1.86. The van der Waals surface area contributed by atoms with Crippen LogP contribution < -0.4 is 10.2 Å². The molecule has 1 saturated heterocycles. The summed E-state index contributed by atoms with van der Waals surface area (Å²) < 4.78 is 14.0. The Bertz CT molecular complexity index is 1150. The summed E-state index contributed by atoms with van der Waals surface area (Å²) >= 11 is 6.48. The largest absolute Gasteiger partial charge is 0.444 e. The molecule has 2 fully saturated rings. The molecular formula is C26H43ClN6O3Si. The van der Waals surface area contributed by atoms with Gasteiger partial charge in [-0.15, -0.1) is 0 Å². The summed E-state index contributed by atoms with van der Waals surface area (Å²) in [5, 5.41) is 9.16. The van der Waals surface area contributed by atoms with Crippen molar-refractivity contribution in [3.63, 3.8) is 0 Å². The van der Waals surface area contributed by atoms with Gasteiger partial charge in [-0.2, -0.15) is 15.1 Å². The van der Waals surface area contributed by atoms with Crippen LogP contribution in [0.5, 0.6) is 0 Å². The van der Waals surface area contributed by atoms with Gasteiger partial charge in [-0.1, -0.05) is 20.8 Å². The second kappa shape index (κ2) is 10.0. The van der Waals surface area contributed by atoms with E-state index in [1.807, 2.05) is 32.4 Å². The third-order valence-electron chi connectivity index (χ3n) is 7.95. The molecule has 0 bridgehead atoms. The number of carbonyl (C=O) groups excluding carboxylic acids is 1. The lowest BCUT2D eigenvalue weighted by atomic mass is 9.87. The van der Waals surface area contributed by atoms with Gasteiger partial charge in [-0.25, -0.2) is 9.48 Å². The van der Waals surface area contributed by atoms with Crippen molar-refractivity contribution in [3.8, 4) is 0 Å². The molecule has 0 radical (unpaired) electrons. The maximum atomic E-state index is 12.2. The molecule has 0 spiro atoms. The number of rotatable bonds is 6. The summed E-state index contributed by atoms with van der Waals surface area (Å²) in [4.78, 5) is 23.8. The van der Waals surface area contributed by atoms with Crippen molar-refractivity contribution >= 4 is 42.9 Å². The zero-order valence-electron chi connectivity index (χ0n) is 23.8. The highest BCUT2D eigenvalue weighted by atomic mass is 35.5. The minimum Gasteiger partial charge on any atom is -0.444 e. The number of hydrogen-bond acceptors (Lipinski definition) is 7. The summed E-state index contributed by atoms with van der Waals surface area (Å²) in [5.74, 6) is 0.850. The van der Waals surface area contributed by atoms with Crippen molar-refractivity contribution in [3.05, 3.63) is 11.0 Å². The van der Waals surface area contributed by atoms with Crippen LogP contribution in [0, 0.1) is 6.92 Å². The summed E-state index contributed by atoms with van der Waals surface area (Å²) in [6.07, 6.45) is 3.29. The first-order valence-electron chi connectivity index (χ1n) is 13.4. The van der Waals surface area contributed by atoms with E-state index in [0.717, 1.165) is 54.8 Å². The molecule has 1 aliphatic heterocycles. The van der Waals surface area contributed by atoms with Gasteiger partial charge in [0.2, 0.25) is 5.28 Å². The van der Waals surface area contributed by atoms with E-state index in [1.54, 1.807) is 0 Å². The second-order valence-corrected chi connectivity index (χ2v) is 18.2. The van der Waals surface area contributed by atoms with E-state index in [0.29, 0.717) is 6.61 Å². The predicted octanol–water partition coefficient (Wildman–Crippen LogP) is 6.01. The number of carbonyl (C=O) groups is 1. The maximum absolute atomic E-state index is 12.2. The number of anilines is 1. The smallest absolute Gasteiger partial charge is 0.407 e. The lowest BCUT2D eigenvalue weighted by molar-refractivity contribution is 0.0454. The number of nitrogens with one attached hydrogen (secondary N) is 1. The number of nitrogens with zero attached hydrogens (tertiary/aromatic N) is 5. The van der Waals surface area contributed by atoms with Gasteiger partial charge in [0, 0.05) is 12.6 Å². The van der Waals surface area contributed by atoms with E-state index in [1.165, 1.54) is 0 Å². The van der Waals surface area contributed by atoms with Gasteiger partial charge in [0.15, 0.2) is 14.0 Å². The topological polar surface area (TPSA) is 94.4 Å². The van der Waals surface area contributed by atoms with Crippen molar-refractivity contribution in [2.24, 2.45) is 0 Å². The molecule has 9 nitrogen and oxygen atoms in total. The molecule has 37 heavy (non-hydrogen) atoms. The molecule has 1 aliphatic carbocycles. The van der Waals surface area contributed by atoms with Crippen LogP contribution in [0.15, 0.2) is 0 Å². The Morgan fingerprint density at radius 2 is 1.84 bits per heavy atom. The number of hydrogen-bond donors (Lipinski definition) is 1. The van der Waals surface area contributed by atoms with Crippen molar-refractivity contribution in [1.82, 2.24) is 25.1 Å². The SMILES string of the molecule is Cc1nn(C2CC(NC(=O)OC(C)(C)C)C2)c2nc(Cl)nc(N3CCC[C@H]3CO[Si](C)(C)C(C)(C)C)c12. The number of ether oxygens (including phenoxy) is 1. The third kappa shape index (κ3) is 6.06. The average molecular weight is 551 g/mol. The Balaban J connectivity index is 1.52. The van der Waals surface area contributed by atoms with Crippen molar-refractivity contribution < 1.29 is 14.0 Å². The molecule has 4 rings (SSSR count). The van der Waals surface area contributed by atoms with Crippen LogP contribution in [0.3, 0.4) is 0 Å². The van der Waals surface area contributed by atoms with E-state index in [-0.39, 0.29) is 34.5 Å². The summed E-state index contributed by atoms with van der Waals surface area (Å²) in [6.45, 7) is 20.6. The quantitative estimate of drug-likeness (QED) is 0.348. The van der Waals surface area contributed by atoms with Crippen LogP contribution in [0.25, 0.3) is 11.0 Å². The minimum absolute atomic E-state index is 0.0478. The first-order valence-corrected chi connectivity index (χ1v) is 16.7. The third-order valence-corrected chi connectivity index (χ3v) is 12.6. The molecule has 0 aromatic carbocycles. The Morgan fingerprint density at radius 1 is 1.16 bits per heavy atom. The van der Waals surface area contributed by atoms with Gasteiger partial charge >= 0.3 is 6.09 Å². The number of fused-ring (bicyclic) bond motifs is 1. The maximum Gasteiger partial charge on any atom is 0.407 e. The second-order valence-electron chi connectivity index (χ2n) is 13.1. The fraction of sp³-hybridized carbons (Fsp3) is 0.769. The lowest BCUT2D eigenvalue weighted by Crippen LogP contribution is -2.47. The Morgan fingerprint density at radius 3 is 2.46 bits per heavy atom. The number of halogens is 1. The van der Waals surface area contributed by atoms with Crippen LogP contribution in [0.2, 0.25) is 23.4 Å².